The summed E-state index contributed by atoms with van der Waals surface area (Å²) in [6.45, 7) is 0. The Balaban J connectivity index is 1.62. The van der Waals surface area contributed by atoms with Crippen molar-refractivity contribution in [3.63, 3.8) is 0 Å². The molecule has 3 aromatic carbocycles. The molecule has 0 aromatic heterocycles. The van der Waals surface area contributed by atoms with Gasteiger partial charge in [0.25, 0.3) is 0 Å². The fourth-order valence-corrected chi connectivity index (χ4v) is 7.28. The van der Waals surface area contributed by atoms with Crippen LogP contribution in [0.2, 0.25) is 10.0 Å². The van der Waals surface area contributed by atoms with Gasteiger partial charge >= 0.3 is 0 Å². The van der Waals surface area contributed by atoms with Crippen molar-refractivity contribution >= 4 is 56.6 Å². The minimum Gasteiger partial charge on any atom is -0.274 e. The van der Waals surface area contributed by atoms with Gasteiger partial charge in [0.05, 0.1) is 26.9 Å². The molecule has 7 rings (SSSR count). The van der Waals surface area contributed by atoms with Gasteiger partial charge in [0, 0.05) is 10.9 Å². The molecule has 0 spiro atoms. The average molecular weight is 499 g/mol. The number of rotatable bonds is 1. The molecule has 0 saturated carbocycles. The monoisotopic (exact) mass is 497 g/mol. The molecule has 1 aliphatic heterocycles. The molecule has 3 nitrogen and oxygen atoms in total. The Kier molecular flexibility index (Phi) is 3.84. The zero-order valence-corrected chi connectivity index (χ0v) is 18.6. The van der Waals surface area contributed by atoms with E-state index in [-0.39, 0.29) is 22.8 Å². The minimum atomic E-state index is -0.764. The second kappa shape index (κ2) is 6.19. The summed E-state index contributed by atoms with van der Waals surface area (Å²) in [6, 6.07) is 21.0. The molecule has 30 heavy (non-hydrogen) atoms. The number of nitrogens with zero attached hydrogens (tertiary/aromatic N) is 1. The number of hydrogen-bond acceptors (Lipinski definition) is 2. The molecule has 0 unspecified atom stereocenters. The van der Waals surface area contributed by atoms with Crippen molar-refractivity contribution in [2.75, 3.05) is 4.90 Å². The molecule has 2 atom stereocenters. The molecule has 148 valence electrons. The first-order valence-electron chi connectivity index (χ1n) is 9.65. The number of carbonyl (C=O) groups is 2. The van der Waals surface area contributed by atoms with Crippen LogP contribution in [-0.2, 0) is 13.9 Å². The fourth-order valence-electron chi connectivity index (χ4n) is 5.58. The fraction of sp³-hybridized carbons (Fsp3) is 0.167. The molecule has 1 fully saturated rings. The Morgan fingerprint density at radius 3 is 2.03 bits per heavy atom. The second-order valence-electron chi connectivity index (χ2n) is 7.98. The highest BCUT2D eigenvalue weighted by atomic mass is 79.9. The van der Waals surface area contributed by atoms with E-state index >= 15 is 0 Å². The topological polar surface area (TPSA) is 37.4 Å². The Morgan fingerprint density at radius 1 is 0.833 bits per heavy atom. The predicted octanol–water partition coefficient (Wildman–Crippen LogP) is 5.90. The van der Waals surface area contributed by atoms with Gasteiger partial charge in [-0.3, -0.25) is 9.59 Å². The maximum absolute atomic E-state index is 13.8. The Hall–Kier alpha value is -2.14. The summed E-state index contributed by atoms with van der Waals surface area (Å²) in [4.78, 5) is 28.8. The van der Waals surface area contributed by atoms with Crippen molar-refractivity contribution in [1.82, 2.24) is 0 Å². The number of amides is 2. The maximum Gasteiger partial charge on any atom is 0.239 e. The summed E-state index contributed by atoms with van der Waals surface area (Å²) in [5, 5.41) is 0.742. The van der Waals surface area contributed by atoms with Crippen LogP contribution in [0, 0.1) is 11.8 Å². The first-order chi connectivity index (χ1) is 14.4. The third kappa shape index (κ3) is 2.12. The molecule has 3 aliphatic carbocycles. The molecule has 0 radical (unpaired) electrons. The molecule has 3 aromatic rings. The molecule has 4 aliphatic rings. The van der Waals surface area contributed by atoms with Gasteiger partial charge in [0.2, 0.25) is 11.8 Å². The van der Waals surface area contributed by atoms with Crippen LogP contribution < -0.4 is 4.90 Å². The van der Waals surface area contributed by atoms with E-state index in [0.29, 0.717) is 10.7 Å². The molecule has 2 bridgehead atoms. The highest BCUT2D eigenvalue weighted by molar-refractivity contribution is 9.09. The third-order valence-corrected chi connectivity index (χ3v) is 8.55. The van der Waals surface area contributed by atoms with Crippen LogP contribution in [0.4, 0.5) is 5.69 Å². The average Bonchev–Trinajstić information content (AvgIpc) is 3.01. The first-order valence-corrected chi connectivity index (χ1v) is 11.2. The van der Waals surface area contributed by atoms with Gasteiger partial charge in [0.1, 0.15) is 0 Å². The molecule has 2 amide bonds. The number of halogens is 3. The lowest BCUT2D eigenvalue weighted by Gasteiger charge is -2.51. The number of imide groups is 1. The standard InChI is InChI=1S/C24H14BrCl2NO2/c25-24-15-7-3-1-5-13(15)19(14-6-2-4-8-16(14)24)20-21(24)23(30)28(22(20)29)18-10-9-12(26)11-17(18)27/h1-11,19-21H/t19?,20-,21+,24?/m1/s1. The van der Waals surface area contributed by atoms with E-state index in [0.717, 1.165) is 22.3 Å². The predicted molar refractivity (Wildman–Crippen MR) is 120 cm³/mol. The molecule has 6 heteroatoms. The molecule has 0 N–H and O–H groups in total. The maximum atomic E-state index is 13.8. The van der Waals surface area contributed by atoms with Crippen LogP contribution in [0.25, 0.3) is 0 Å². The zero-order valence-electron chi connectivity index (χ0n) is 15.5. The van der Waals surface area contributed by atoms with Crippen molar-refractivity contribution in [2.45, 2.75) is 10.2 Å². The summed E-state index contributed by atoms with van der Waals surface area (Å²) in [7, 11) is 0. The highest BCUT2D eigenvalue weighted by Crippen LogP contribution is 2.66. The van der Waals surface area contributed by atoms with Crippen molar-refractivity contribution in [2.24, 2.45) is 11.8 Å². The van der Waals surface area contributed by atoms with Crippen LogP contribution in [0.1, 0.15) is 28.2 Å². The van der Waals surface area contributed by atoms with Gasteiger partial charge in [-0.1, -0.05) is 87.7 Å². The van der Waals surface area contributed by atoms with Gasteiger partial charge in [-0.25, -0.2) is 4.90 Å². The van der Waals surface area contributed by atoms with E-state index in [9.17, 15) is 9.59 Å². The van der Waals surface area contributed by atoms with Crippen molar-refractivity contribution < 1.29 is 9.59 Å². The van der Waals surface area contributed by atoms with E-state index in [1.54, 1.807) is 18.2 Å². The molecular weight excluding hydrogens is 485 g/mol. The van der Waals surface area contributed by atoms with Crippen LogP contribution in [0.5, 0.6) is 0 Å². The third-order valence-electron chi connectivity index (χ3n) is 6.67. The van der Waals surface area contributed by atoms with Gasteiger partial charge < -0.3 is 0 Å². The summed E-state index contributed by atoms with van der Waals surface area (Å²) >= 11 is 16.4. The van der Waals surface area contributed by atoms with E-state index < -0.39 is 16.2 Å². The SMILES string of the molecule is O=C1[C@@H]2C3c4ccccc4C(Br)(c4ccccc43)[C@@H]2C(=O)N1c1ccc(Cl)cc1Cl. The van der Waals surface area contributed by atoms with Crippen molar-refractivity contribution in [3.8, 4) is 0 Å². The summed E-state index contributed by atoms with van der Waals surface area (Å²) < 4.78 is -0.764. The summed E-state index contributed by atoms with van der Waals surface area (Å²) in [5.41, 5.74) is 4.69. The summed E-state index contributed by atoms with van der Waals surface area (Å²) in [5.74, 6) is -1.67. The van der Waals surface area contributed by atoms with Gasteiger partial charge in [0.15, 0.2) is 0 Å². The number of anilines is 1. The Bertz CT molecular complexity index is 1230. The summed E-state index contributed by atoms with van der Waals surface area (Å²) in [6.07, 6.45) is 0. The lowest BCUT2D eigenvalue weighted by Crippen LogP contribution is -2.50. The number of carbonyl (C=O) groups excluding carboxylic acids is 2. The lowest BCUT2D eigenvalue weighted by molar-refractivity contribution is -0.122. The largest absolute Gasteiger partial charge is 0.274 e. The quantitative estimate of drug-likeness (QED) is 0.309. The zero-order chi connectivity index (χ0) is 20.8. The minimum absolute atomic E-state index is 0.172. The normalized spacial score (nSPS) is 28.4. The van der Waals surface area contributed by atoms with E-state index in [1.165, 1.54) is 4.90 Å². The Labute approximate surface area is 191 Å². The van der Waals surface area contributed by atoms with E-state index in [2.05, 4.69) is 40.2 Å². The number of alkyl halides is 1. The Morgan fingerprint density at radius 2 is 1.43 bits per heavy atom. The smallest absolute Gasteiger partial charge is 0.239 e. The molecule has 1 saturated heterocycles. The van der Waals surface area contributed by atoms with Crippen LogP contribution in [0.15, 0.2) is 66.7 Å². The molecular formula is C24H14BrCl2NO2. The van der Waals surface area contributed by atoms with Crippen LogP contribution in [0.3, 0.4) is 0 Å². The number of hydrogen-bond donors (Lipinski definition) is 0. The van der Waals surface area contributed by atoms with E-state index in [1.807, 2.05) is 24.3 Å². The van der Waals surface area contributed by atoms with Crippen LogP contribution >= 0.6 is 39.1 Å². The number of benzene rings is 3. The van der Waals surface area contributed by atoms with Crippen LogP contribution in [-0.4, -0.2) is 11.8 Å². The lowest BCUT2D eigenvalue weighted by atomic mass is 9.55. The van der Waals surface area contributed by atoms with Crippen molar-refractivity contribution in [3.05, 3.63) is 99.0 Å². The highest BCUT2D eigenvalue weighted by Gasteiger charge is 2.67. The van der Waals surface area contributed by atoms with E-state index in [4.69, 9.17) is 23.2 Å². The first kappa shape index (κ1) is 18.6. The second-order valence-corrected chi connectivity index (χ2v) is 10.1. The molecule has 1 heterocycles. The van der Waals surface area contributed by atoms with Crippen molar-refractivity contribution in [1.29, 1.82) is 0 Å². The van der Waals surface area contributed by atoms with Gasteiger partial charge in [-0.15, -0.1) is 0 Å². The van der Waals surface area contributed by atoms with Gasteiger partial charge in [-0.2, -0.15) is 0 Å². The van der Waals surface area contributed by atoms with Gasteiger partial charge in [-0.05, 0) is 40.5 Å².